The van der Waals surface area contributed by atoms with Gasteiger partial charge in [-0.15, -0.1) is 0 Å². The van der Waals surface area contributed by atoms with Gasteiger partial charge in [-0.1, -0.05) is 0 Å². The Balaban J connectivity index is 2.17. The van der Waals surface area contributed by atoms with E-state index in [0.717, 1.165) is 18.9 Å². The van der Waals surface area contributed by atoms with E-state index in [9.17, 15) is 8.78 Å². The lowest BCUT2D eigenvalue weighted by atomic mass is 10.2. The van der Waals surface area contributed by atoms with Gasteiger partial charge in [0.15, 0.2) is 11.6 Å². The fourth-order valence-electron chi connectivity index (χ4n) is 1.41. The van der Waals surface area contributed by atoms with Gasteiger partial charge in [-0.3, -0.25) is 0 Å². The van der Waals surface area contributed by atoms with E-state index < -0.39 is 11.6 Å². The van der Waals surface area contributed by atoms with E-state index in [4.69, 9.17) is 10.5 Å². The fourth-order valence-corrected chi connectivity index (χ4v) is 1.41. The molecule has 2 N–H and O–H groups in total. The summed E-state index contributed by atoms with van der Waals surface area (Å²) in [5.41, 5.74) is 5.78. The van der Waals surface area contributed by atoms with Crippen molar-refractivity contribution in [2.75, 3.05) is 6.61 Å². The zero-order valence-electron chi connectivity index (χ0n) is 8.30. The average Bonchev–Trinajstić information content (AvgIpc) is 2.99. The van der Waals surface area contributed by atoms with Crippen molar-refractivity contribution in [2.24, 2.45) is 11.7 Å². The van der Waals surface area contributed by atoms with Crippen molar-refractivity contribution in [3.63, 3.8) is 0 Å². The molecule has 0 spiro atoms. The third kappa shape index (κ3) is 2.45. The van der Waals surface area contributed by atoms with Crippen molar-refractivity contribution >= 4 is 0 Å². The molecule has 1 fully saturated rings. The van der Waals surface area contributed by atoms with E-state index in [1.54, 1.807) is 0 Å². The van der Waals surface area contributed by atoms with Crippen LogP contribution >= 0.6 is 0 Å². The third-order valence-electron chi connectivity index (χ3n) is 2.47. The van der Waals surface area contributed by atoms with E-state index in [2.05, 4.69) is 0 Å². The molecule has 0 heterocycles. The molecule has 0 radical (unpaired) electrons. The first-order valence-corrected chi connectivity index (χ1v) is 5.01. The quantitative estimate of drug-likeness (QED) is 0.832. The standard InChI is InChI=1S/C11H13F2NO/c12-9-3-8(5-14)11(10(13)4-9)15-6-7-1-2-7/h3-4,7H,1-2,5-6,14H2. The first-order valence-electron chi connectivity index (χ1n) is 5.01. The summed E-state index contributed by atoms with van der Waals surface area (Å²) in [6.07, 6.45) is 2.25. The lowest BCUT2D eigenvalue weighted by Gasteiger charge is -2.11. The minimum atomic E-state index is -0.670. The molecule has 82 valence electrons. The van der Waals surface area contributed by atoms with Crippen molar-refractivity contribution in [3.8, 4) is 5.75 Å². The minimum absolute atomic E-state index is 0.0781. The maximum Gasteiger partial charge on any atom is 0.168 e. The molecule has 0 aromatic heterocycles. The summed E-state index contributed by atoms with van der Waals surface area (Å²) in [5.74, 6) is -0.659. The zero-order valence-corrected chi connectivity index (χ0v) is 8.30. The van der Waals surface area contributed by atoms with Gasteiger partial charge in [0.25, 0.3) is 0 Å². The molecule has 1 aliphatic rings. The molecule has 2 rings (SSSR count). The number of halogens is 2. The summed E-state index contributed by atoms with van der Waals surface area (Å²) in [7, 11) is 0. The van der Waals surface area contributed by atoms with E-state index in [1.807, 2.05) is 0 Å². The van der Waals surface area contributed by atoms with Crippen LogP contribution < -0.4 is 10.5 Å². The van der Waals surface area contributed by atoms with Crippen LogP contribution in [0.1, 0.15) is 18.4 Å². The number of nitrogens with two attached hydrogens (primary N) is 1. The molecule has 0 amide bonds. The van der Waals surface area contributed by atoms with Crippen LogP contribution in [0.25, 0.3) is 0 Å². The van der Waals surface area contributed by atoms with Crippen LogP contribution in [0.5, 0.6) is 5.75 Å². The topological polar surface area (TPSA) is 35.2 Å². The maximum atomic E-state index is 13.3. The molecule has 1 aromatic carbocycles. The molecule has 2 nitrogen and oxygen atoms in total. The van der Waals surface area contributed by atoms with Gasteiger partial charge in [0, 0.05) is 18.2 Å². The normalized spacial score (nSPS) is 15.4. The van der Waals surface area contributed by atoms with E-state index >= 15 is 0 Å². The van der Waals surface area contributed by atoms with Crippen molar-refractivity contribution in [1.82, 2.24) is 0 Å². The zero-order chi connectivity index (χ0) is 10.8. The van der Waals surface area contributed by atoms with Crippen molar-refractivity contribution < 1.29 is 13.5 Å². The lowest BCUT2D eigenvalue weighted by molar-refractivity contribution is 0.281. The van der Waals surface area contributed by atoms with Crippen molar-refractivity contribution in [1.29, 1.82) is 0 Å². The molecule has 0 unspecified atom stereocenters. The van der Waals surface area contributed by atoms with Gasteiger partial charge in [0.2, 0.25) is 0 Å². The van der Waals surface area contributed by atoms with Crippen LogP contribution in [-0.2, 0) is 6.54 Å². The second-order valence-electron chi connectivity index (χ2n) is 3.83. The molecule has 0 atom stereocenters. The molecule has 4 heteroatoms. The highest BCUT2D eigenvalue weighted by molar-refractivity contribution is 5.35. The summed E-state index contributed by atoms with van der Waals surface area (Å²) < 4.78 is 31.5. The second-order valence-corrected chi connectivity index (χ2v) is 3.83. The molecule has 0 aliphatic heterocycles. The average molecular weight is 213 g/mol. The lowest BCUT2D eigenvalue weighted by Crippen LogP contribution is -2.07. The molecular formula is C11H13F2NO. The van der Waals surface area contributed by atoms with Crippen molar-refractivity contribution in [3.05, 3.63) is 29.3 Å². The number of hydrogen-bond acceptors (Lipinski definition) is 2. The molecule has 1 saturated carbocycles. The highest BCUT2D eigenvalue weighted by Gasteiger charge is 2.23. The van der Waals surface area contributed by atoms with E-state index in [1.165, 1.54) is 6.07 Å². The Hall–Kier alpha value is -1.16. The van der Waals surface area contributed by atoms with Gasteiger partial charge in [0.05, 0.1) is 6.61 Å². The van der Waals surface area contributed by atoms with Crippen LogP contribution in [0.3, 0.4) is 0 Å². The minimum Gasteiger partial charge on any atom is -0.490 e. The number of ether oxygens (including phenoxy) is 1. The summed E-state index contributed by atoms with van der Waals surface area (Å²) in [6, 6.07) is 2.03. The highest BCUT2D eigenvalue weighted by Crippen LogP contribution is 2.31. The van der Waals surface area contributed by atoms with Gasteiger partial charge in [-0.05, 0) is 24.8 Å². The Labute approximate surface area is 87.0 Å². The number of rotatable bonds is 4. The van der Waals surface area contributed by atoms with E-state index in [0.29, 0.717) is 18.1 Å². The van der Waals surface area contributed by atoms with Crippen LogP contribution in [0.2, 0.25) is 0 Å². The predicted molar refractivity (Wildman–Crippen MR) is 52.5 cm³/mol. The summed E-state index contributed by atoms with van der Waals surface area (Å²) >= 11 is 0. The third-order valence-corrected chi connectivity index (χ3v) is 2.47. The Kier molecular flexibility index (Phi) is 2.86. The van der Waals surface area contributed by atoms with Gasteiger partial charge >= 0.3 is 0 Å². The monoisotopic (exact) mass is 213 g/mol. The smallest absolute Gasteiger partial charge is 0.168 e. The van der Waals surface area contributed by atoms with Gasteiger partial charge in [-0.25, -0.2) is 8.78 Å². The van der Waals surface area contributed by atoms with Gasteiger partial charge < -0.3 is 10.5 Å². The first-order chi connectivity index (χ1) is 7.20. The van der Waals surface area contributed by atoms with Crippen LogP contribution in [0.15, 0.2) is 12.1 Å². The predicted octanol–water partition coefficient (Wildman–Crippen LogP) is 2.21. The van der Waals surface area contributed by atoms with Crippen molar-refractivity contribution in [2.45, 2.75) is 19.4 Å². The van der Waals surface area contributed by atoms with Crippen LogP contribution in [-0.4, -0.2) is 6.61 Å². The van der Waals surface area contributed by atoms with Gasteiger partial charge in [0.1, 0.15) is 5.82 Å². The van der Waals surface area contributed by atoms with Gasteiger partial charge in [-0.2, -0.15) is 0 Å². The molecule has 0 saturated heterocycles. The summed E-state index contributed by atoms with van der Waals surface area (Å²) in [6.45, 7) is 0.574. The maximum absolute atomic E-state index is 13.3. The molecular weight excluding hydrogens is 200 g/mol. The highest BCUT2D eigenvalue weighted by atomic mass is 19.1. The molecule has 15 heavy (non-hydrogen) atoms. The summed E-state index contributed by atoms with van der Waals surface area (Å²) in [5, 5.41) is 0. The molecule has 0 bridgehead atoms. The second kappa shape index (κ2) is 4.14. The largest absolute Gasteiger partial charge is 0.490 e. The first kappa shape index (κ1) is 10.4. The summed E-state index contributed by atoms with van der Waals surface area (Å²) in [4.78, 5) is 0. The Morgan fingerprint density at radius 1 is 1.33 bits per heavy atom. The fraction of sp³-hybridized carbons (Fsp3) is 0.455. The Morgan fingerprint density at radius 3 is 2.67 bits per heavy atom. The van der Waals surface area contributed by atoms with Crippen LogP contribution in [0, 0.1) is 17.6 Å². The SMILES string of the molecule is NCc1cc(F)cc(F)c1OCC1CC1. The Bertz CT molecular complexity index is 364. The molecule has 1 aromatic rings. The molecule has 1 aliphatic carbocycles. The number of benzene rings is 1. The van der Waals surface area contributed by atoms with Crippen LogP contribution in [0.4, 0.5) is 8.78 Å². The van der Waals surface area contributed by atoms with E-state index in [-0.39, 0.29) is 12.3 Å². The Morgan fingerprint density at radius 2 is 2.07 bits per heavy atom. The number of hydrogen-bond donors (Lipinski definition) is 1.